The van der Waals surface area contributed by atoms with Crippen LogP contribution in [-0.2, 0) is 16.4 Å². The highest BCUT2D eigenvalue weighted by molar-refractivity contribution is 7.89. The number of carbonyl (C=O) groups excluding carboxylic acids is 1. The van der Waals surface area contributed by atoms with Crippen LogP contribution in [0.15, 0.2) is 23.1 Å². The number of halogens is 1. The van der Waals surface area contributed by atoms with Crippen molar-refractivity contribution < 1.29 is 17.6 Å². The molecule has 3 N–H and O–H groups in total. The standard InChI is InChI=1S/C17H24FN5O3S/c1-10(2)7-15-21-16(17(24)20-9-11(3)4)22-23(15)14-6-5-12(8-13(14)18)27(19,25)26/h5-6,8,10-11H,7,9H2,1-4H3,(H,20,24)(H2,19,25,26). The van der Waals surface area contributed by atoms with Crippen molar-refractivity contribution in [3.05, 3.63) is 35.7 Å². The molecule has 1 aromatic carbocycles. The van der Waals surface area contributed by atoms with Crippen LogP contribution in [0.4, 0.5) is 4.39 Å². The second-order valence-electron chi connectivity index (χ2n) is 7.12. The minimum Gasteiger partial charge on any atom is -0.349 e. The Morgan fingerprint density at radius 2 is 1.93 bits per heavy atom. The van der Waals surface area contributed by atoms with Gasteiger partial charge in [0, 0.05) is 13.0 Å². The topological polar surface area (TPSA) is 120 Å². The first-order chi connectivity index (χ1) is 12.5. The Morgan fingerprint density at radius 3 is 2.44 bits per heavy atom. The average molecular weight is 397 g/mol. The molecular weight excluding hydrogens is 373 g/mol. The van der Waals surface area contributed by atoms with Gasteiger partial charge in [-0.1, -0.05) is 27.7 Å². The second kappa shape index (κ2) is 8.13. The average Bonchev–Trinajstić information content (AvgIpc) is 2.94. The number of hydrogen-bond donors (Lipinski definition) is 2. The smallest absolute Gasteiger partial charge is 0.290 e. The lowest BCUT2D eigenvalue weighted by Gasteiger charge is -2.09. The Morgan fingerprint density at radius 1 is 1.26 bits per heavy atom. The normalized spacial score (nSPS) is 12.0. The summed E-state index contributed by atoms with van der Waals surface area (Å²) in [4.78, 5) is 16.2. The van der Waals surface area contributed by atoms with Gasteiger partial charge in [-0.05, 0) is 30.0 Å². The molecule has 0 radical (unpaired) electrons. The number of benzene rings is 1. The Labute approximate surface area is 158 Å². The third kappa shape index (κ3) is 5.33. The molecule has 2 aromatic rings. The molecule has 1 aromatic heterocycles. The van der Waals surface area contributed by atoms with Crippen molar-refractivity contribution in [1.29, 1.82) is 0 Å². The van der Waals surface area contributed by atoms with Crippen LogP contribution < -0.4 is 10.5 Å². The zero-order valence-electron chi connectivity index (χ0n) is 15.7. The first kappa shape index (κ1) is 21.0. The summed E-state index contributed by atoms with van der Waals surface area (Å²) in [5.41, 5.74) is -0.00606. The molecule has 10 heteroatoms. The monoisotopic (exact) mass is 397 g/mol. The van der Waals surface area contributed by atoms with Crippen molar-refractivity contribution in [2.45, 2.75) is 39.0 Å². The van der Waals surface area contributed by atoms with Crippen molar-refractivity contribution in [2.75, 3.05) is 6.54 Å². The molecule has 0 aliphatic heterocycles. The van der Waals surface area contributed by atoms with Gasteiger partial charge in [-0.15, -0.1) is 5.10 Å². The highest BCUT2D eigenvalue weighted by Gasteiger charge is 2.21. The maximum Gasteiger partial charge on any atom is 0.290 e. The summed E-state index contributed by atoms with van der Waals surface area (Å²) >= 11 is 0. The molecule has 0 aliphatic rings. The van der Waals surface area contributed by atoms with Crippen LogP contribution in [0.3, 0.4) is 0 Å². The highest BCUT2D eigenvalue weighted by Crippen LogP contribution is 2.20. The summed E-state index contributed by atoms with van der Waals surface area (Å²) < 4.78 is 38.5. The summed E-state index contributed by atoms with van der Waals surface area (Å²) in [6, 6.07) is 3.26. The number of nitrogens with one attached hydrogen (secondary N) is 1. The van der Waals surface area contributed by atoms with Crippen molar-refractivity contribution in [2.24, 2.45) is 17.0 Å². The van der Waals surface area contributed by atoms with Gasteiger partial charge in [0.1, 0.15) is 17.3 Å². The molecule has 1 amide bonds. The summed E-state index contributed by atoms with van der Waals surface area (Å²) in [5.74, 6) is -0.497. The van der Waals surface area contributed by atoms with E-state index in [1.165, 1.54) is 16.8 Å². The van der Waals surface area contributed by atoms with Crippen LogP contribution >= 0.6 is 0 Å². The van der Waals surface area contributed by atoms with E-state index >= 15 is 0 Å². The first-order valence-corrected chi connectivity index (χ1v) is 10.1. The zero-order chi connectivity index (χ0) is 20.4. The predicted octanol–water partition coefficient (Wildman–Crippen LogP) is 1.64. The van der Waals surface area contributed by atoms with Crippen LogP contribution in [0.1, 0.15) is 44.1 Å². The van der Waals surface area contributed by atoms with Gasteiger partial charge in [0.15, 0.2) is 0 Å². The molecule has 0 fully saturated rings. The highest BCUT2D eigenvalue weighted by atomic mass is 32.2. The first-order valence-electron chi connectivity index (χ1n) is 8.56. The van der Waals surface area contributed by atoms with Gasteiger partial charge in [-0.25, -0.2) is 27.6 Å². The number of amides is 1. The maximum atomic E-state index is 14.5. The van der Waals surface area contributed by atoms with Crippen molar-refractivity contribution in [1.82, 2.24) is 20.1 Å². The molecule has 1 heterocycles. The van der Waals surface area contributed by atoms with Crippen molar-refractivity contribution in [3.8, 4) is 5.69 Å². The summed E-state index contributed by atoms with van der Waals surface area (Å²) in [7, 11) is -4.03. The number of aromatic nitrogens is 3. The molecule has 27 heavy (non-hydrogen) atoms. The predicted molar refractivity (Wildman–Crippen MR) is 98.4 cm³/mol. The van der Waals surface area contributed by atoms with Gasteiger partial charge < -0.3 is 5.32 Å². The SMILES string of the molecule is CC(C)CNC(=O)c1nc(CC(C)C)n(-c2ccc(S(N)(=O)=O)cc2F)n1. The Balaban J connectivity index is 2.47. The fourth-order valence-electron chi connectivity index (χ4n) is 2.34. The lowest BCUT2D eigenvalue weighted by molar-refractivity contribution is 0.0938. The van der Waals surface area contributed by atoms with Crippen LogP contribution in [0.5, 0.6) is 0 Å². The lowest BCUT2D eigenvalue weighted by atomic mass is 10.1. The fraction of sp³-hybridized carbons (Fsp3) is 0.471. The number of rotatable bonds is 7. The minimum absolute atomic E-state index is 0.00606. The molecule has 0 aliphatic carbocycles. The van der Waals surface area contributed by atoms with E-state index in [0.717, 1.165) is 6.07 Å². The minimum atomic E-state index is -4.03. The second-order valence-corrected chi connectivity index (χ2v) is 8.68. The largest absolute Gasteiger partial charge is 0.349 e. The summed E-state index contributed by atoms with van der Waals surface area (Å²) in [5, 5.41) is 11.9. The molecule has 0 atom stereocenters. The number of sulfonamides is 1. The number of nitrogens with zero attached hydrogens (tertiary/aromatic N) is 3. The van der Waals surface area contributed by atoms with E-state index in [4.69, 9.17) is 5.14 Å². The Kier molecular flexibility index (Phi) is 6.32. The Hall–Kier alpha value is -2.33. The molecule has 148 valence electrons. The van der Waals surface area contributed by atoms with Gasteiger partial charge in [0.2, 0.25) is 15.8 Å². The number of primary sulfonamides is 1. The van der Waals surface area contributed by atoms with Crippen LogP contribution in [-0.4, -0.2) is 35.6 Å². The van der Waals surface area contributed by atoms with Crippen LogP contribution in [0, 0.1) is 17.7 Å². The van der Waals surface area contributed by atoms with Crippen molar-refractivity contribution in [3.63, 3.8) is 0 Å². The molecular formula is C17H24FN5O3S. The lowest BCUT2D eigenvalue weighted by Crippen LogP contribution is -2.28. The third-order valence-electron chi connectivity index (χ3n) is 3.61. The number of hydrogen-bond acceptors (Lipinski definition) is 5. The number of nitrogens with two attached hydrogens (primary N) is 1. The van der Waals surface area contributed by atoms with Crippen LogP contribution in [0.25, 0.3) is 5.69 Å². The summed E-state index contributed by atoms with van der Waals surface area (Å²) in [6.07, 6.45) is 0.459. The Bertz CT molecular complexity index is 938. The molecule has 2 rings (SSSR count). The zero-order valence-corrected chi connectivity index (χ0v) is 16.5. The maximum absolute atomic E-state index is 14.5. The van der Waals surface area contributed by atoms with Gasteiger partial charge in [-0.2, -0.15) is 0 Å². The van der Waals surface area contributed by atoms with Crippen molar-refractivity contribution >= 4 is 15.9 Å². The quantitative estimate of drug-likeness (QED) is 0.736. The van der Waals surface area contributed by atoms with Gasteiger partial charge in [-0.3, -0.25) is 4.79 Å². The van der Waals surface area contributed by atoms with E-state index in [-0.39, 0.29) is 28.2 Å². The molecule has 8 nitrogen and oxygen atoms in total. The van der Waals surface area contributed by atoms with E-state index in [2.05, 4.69) is 15.4 Å². The third-order valence-corrected chi connectivity index (χ3v) is 4.53. The fourth-order valence-corrected chi connectivity index (χ4v) is 2.87. The van der Waals surface area contributed by atoms with Gasteiger partial charge in [0.25, 0.3) is 5.91 Å². The molecule has 0 saturated heterocycles. The van der Waals surface area contributed by atoms with E-state index in [9.17, 15) is 17.6 Å². The van der Waals surface area contributed by atoms with Crippen LogP contribution in [0.2, 0.25) is 0 Å². The molecule has 0 spiro atoms. The molecule has 0 bridgehead atoms. The van der Waals surface area contributed by atoms with E-state index in [1.807, 2.05) is 27.7 Å². The molecule has 0 unspecified atom stereocenters. The number of carbonyl (C=O) groups is 1. The summed E-state index contributed by atoms with van der Waals surface area (Å²) in [6.45, 7) is 8.29. The molecule has 0 saturated carbocycles. The van der Waals surface area contributed by atoms with E-state index in [0.29, 0.717) is 18.8 Å². The van der Waals surface area contributed by atoms with E-state index in [1.54, 1.807) is 0 Å². The van der Waals surface area contributed by atoms with Gasteiger partial charge >= 0.3 is 0 Å². The van der Waals surface area contributed by atoms with E-state index < -0.39 is 21.7 Å². The van der Waals surface area contributed by atoms with Gasteiger partial charge in [0.05, 0.1) is 4.90 Å².